The minimum atomic E-state index is -0.156. The van der Waals surface area contributed by atoms with Gasteiger partial charge in [0.2, 0.25) is 5.78 Å². The second-order valence-corrected chi connectivity index (χ2v) is 4.25. The van der Waals surface area contributed by atoms with Crippen LogP contribution in [0.2, 0.25) is 0 Å². The van der Waals surface area contributed by atoms with Crippen LogP contribution in [0, 0.1) is 0 Å². The summed E-state index contributed by atoms with van der Waals surface area (Å²) in [4.78, 5) is 25.9. The topological polar surface area (TPSA) is 57.4 Å². The number of allylic oxidation sites excluding steroid dienone is 2. The van der Waals surface area contributed by atoms with Gasteiger partial charge in [-0.25, -0.2) is 0 Å². The number of aliphatic hydroxyl groups is 1. The molecule has 0 bridgehead atoms. The van der Waals surface area contributed by atoms with E-state index in [1.165, 1.54) is 6.08 Å². The third kappa shape index (κ3) is 1.57. The Bertz CT molecular complexity index is 556. The number of fused-ring (bicyclic) bond motifs is 1. The normalized spacial score (nSPS) is 17.9. The second-order valence-electron chi connectivity index (χ2n) is 4.25. The summed E-state index contributed by atoms with van der Waals surface area (Å²) < 4.78 is 0. The molecule has 0 spiro atoms. The van der Waals surface area contributed by atoms with Crippen LogP contribution in [0.4, 0.5) is 0 Å². The SMILES string of the molecule is O=C1C=C(N2CC2)C(=O)c2ccc(CO)cc21. The standard InChI is InChI=1S/C13H11NO3/c15-7-8-1-2-9-10(5-8)12(16)6-11(13(9)17)14-3-4-14/h1-2,5-6,15H,3-4,7H2. The van der Waals surface area contributed by atoms with Gasteiger partial charge in [0.05, 0.1) is 12.3 Å². The Labute approximate surface area is 98.2 Å². The molecule has 0 saturated carbocycles. The summed E-state index contributed by atoms with van der Waals surface area (Å²) in [5.41, 5.74) is 1.98. The van der Waals surface area contributed by atoms with Gasteiger partial charge in [0, 0.05) is 30.3 Å². The fraction of sp³-hybridized carbons (Fsp3) is 0.231. The molecule has 3 rings (SSSR count). The number of ketones is 2. The van der Waals surface area contributed by atoms with Crippen molar-refractivity contribution >= 4 is 11.6 Å². The number of aliphatic hydroxyl groups excluding tert-OH is 1. The van der Waals surface area contributed by atoms with E-state index in [-0.39, 0.29) is 18.2 Å². The Morgan fingerprint density at radius 2 is 1.94 bits per heavy atom. The van der Waals surface area contributed by atoms with Crippen LogP contribution in [0.15, 0.2) is 30.0 Å². The Hall–Kier alpha value is -1.94. The number of carbonyl (C=O) groups is 2. The molecular formula is C13H11NO3. The first-order valence-corrected chi connectivity index (χ1v) is 5.50. The van der Waals surface area contributed by atoms with E-state index in [4.69, 9.17) is 5.11 Å². The molecule has 2 aliphatic rings. The van der Waals surface area contributed by atoms with E-state index in [0.29, 0.717) is 22.4 Å². The van der Waals surface area contributed by atoms with Crippen molar-refractivity contribution in [2.45, 2.75) is 6.61 Å². The van der Waals surface area contributed by atoms with Crippen molar-refractivity contribution in [3.05, 3.63) is 46.7 Å². The smallest absolute Gasteiger partial charge is 0.209 e. The lowest BCUT2D eigenvalue weighted by molar-refractivity contribution is 0.0970. The Morgan fingerprint density at radius 3 is 2.59 bits per heavy atom. The van der Waals surface area contributed by atoms with Crippen LogP contribution in [-0.4, -0.2) is 34.7 Å². The minimum absolute atomic E-state index is 0.0958. The lowest BCUT2D eigenvalue weighted by Crippen LogP contribution is -2.21. The van der Waals surface area contributed by atoms with Gasteiger partial charge in [0.1, 0.15) is 0 Å². The molecular weight excluding hydrogens is 218 g/mol. The highest BCUT2D eigenvalue weighted by Gasteiger charge is 2.33. The molecule has 1 aromatic carbocycles. The number of hydrogen-bond acceptors (Lipinski definition) is 4. The number of nitrogens with zero attached hydrogens (tertiary/aromatic N) is 1. The third-order valence-electron chi connectivity index (χ3n) is 3.06. The van der Waals surface area contributed by atoms with Crippen LogP contribution >= 0.6 is 0 Å². The fourth-order valence-electron chi connectivity index (χ4n) is 2.02. The Morgan fingerprint density at radius 1 is 1.18 bits per heavy atom. The maximum Gasteiger partial charge on any atom is 0.209 e. The monoisotopic (exact) mass is 229 g/mol. The van der Waals surface area contributed by atoms with Crippen molar-refractivity contribution in [3.63, 3.8) is 0 Å². The highest BCUT2D eigenvalue weighted by Crippen LogP contribution is 2.27. The fourth-order valence-corrected chi connectivity index (χ4v) is 2.02. The van der Waals surface area contributed by atoms with Gasteiger partial charge >= 0.3 is 0 Å². The van der Waals surface area contributed by atoms with E-state index < -0.39 is 0 Å². The van der Waals surface area contributed by atoms with E-state index >= 15 is 0 Å². The Kier molecular flexibility index (Phi) is 2.12. The van der Waals surface area contributed by atoms with Crippen molar-refractivity contribution in [2.75, 3.05) is 13.1 Å². The average molecular weight is 229 g/mol. The summed E-state index contributed by atoms with van der Waals surface area (Å²) in [6.45, 7) is 1.56. The number of hydrogen-bond donors (Lipinski definition) is 1. The molecule has 1 N–H and O–H groups in total. The second kappa shape index (κ2) is 3.53. The number of benzene rings is 1. The van der Waals surface area contributed by atoms with Crippen LogP contribution in [0.3, 0.4) is 0 Å². The first kappa shape index (κ1) is 10.2. The van der Waals surface area contributed by atoms with Crippen molar-refractivity contribution in [3.8, 4) is 0 Å². The molecule has 4 heteroatoms. The van der Waals surface area contributed by atoms with Crippen molar-refractivity contribution in [1.29, 1.82) is 0 Å². The molecule has 0 atom stereocenters. The van der Waals surface area contributed by atoms with Crippen LogP contribution in [-0.2, 0) is 6.61 Å². The van der Waals surface area contributed by atoms with Crippen LogP contribution in [0.5, 0.6) is 0 Å². The van der Waals surface area contributed by atoms with E-state index in [1.54, 1.807) is 18.2 Å². The summed E-state index contributed by atoms with van der Waals surface area (Å²) in [6.07, 6.45) is 1.40. The summed E-state index contributed by atoms with van der Waals surface area (Å²) in [7, 11) is 0. The highest BCUT2D eigenvalue weighted by atomic mass is 16.3. The molecule has 1 aliphatic heterocycles. The largest absolute Gasteiger partial charge is 0.392 e. The van der Waals surface area contributed by atoms with Gasteiger partial charge in [-0.2, -0.15) is 0 Å². The zero-order valence-corrected chi connectivity index (χ0v) is 9.14. The molecule has 1 saturated heterocycles. The number of rotatable bonds is 2. The summed E-state index contributed by atoms with van der Waals surface area (Å²) in [6, 6.07) is 4.89. The predicted octanol–water partition coefficient (Wildman–Crippen LogP) is 0.757. The minimum Gasteiger partial charge on any atom is -0.392 e. The van der Waals surface area contributed by atoms with Gasteiger partial charge in [0.25, 0.3) is 0 Å². The molecule has 1 aliphatic carbocycles. The van der Waals surface area contributed by atoms with Gasteiger partial charge in [-0.05, 0) is 17.7 Å². The van der Waals surface area contributed by atoms with Crippen molar-refractivity contribution in [1.82, 2.24) is 4.90 Å². The summed E-state index contributed by atoms with van der Waals surface area (Å²) in [5.74, 6) is -0.251. The molecule has 1 fully saturated rings. The van der Waals surface area contributed by atoms with Gasteiger partial charge in [-0.1, -0.05) is 6.07 Å². The molecule has 4 nitrogen and oxygen atoms in total. The van der Waals surface area contributed by atoms with Crippen molar-refractivity contribution in [2.24, 2.45) is 0 Å². The first-order valence-electron chi connectivity index (χ1n) is 5.50. The van der Waals surface area contributed by atoms with Gasteiger partial charge < -0.3 is 10.0 Å². The van der Waals surface area contributed by atoms with E-state index in [1.807, 2.05) is 4.90 Å². The lowest BCUT2D eigenvalue weighted by atomic mass is 9.91. The van der Waals surface area contributed by atoms with Crippen molar-refractivity contribution < 1.29 is 14.7 Å². The maximum atomic E-state index is 12.1. The zero-order chi connectivity index (χ0) is 12.0. The molecule has 0 unspecified atom stereocenters. The molecule has 86 valence electrons. The van der Waals surface area contributed by atoms with Gasteiger partial charge in [-0.15, -0.1) is 0 Å². The van der Waals surface area contributed by atoms with E-state index in [2.05, 4.69) is 0 Å². The molecule has 0 radical (unpaired) electrons. The molecule has 0 amide bonds. The van der Waals surface area contributed by atoms with Gasteiger partial charge in [-0.3, -0.25) is 9.59 Å². The summed E-state index contributed by atoms with van der Waals surface area (Å²) >= 11 is 0. The van der Waals surface area contributed by atoms with Gasteiger partial charge in [0.15, 0.2) is 5.78 Å². The predicted molar refractivity (Wildman–Crippen MR) is 60.7 cm³/mol. The molecule has 1 heterocycles. The van der Waals surface area contributed by atoms with E-state index in [9.17, 15) is 9.59 Å². The molecule has 17 heavy (non-hydrogen) atoms. The quantitative estimate of drug-likeness (QED) is 0.760. The highest BCUT2D eigenvalue weighted by molar-refractivity contribution is 6.24. The maximum absolute atomic E-state index is 12.1. The average Bonchev–Trinajstić information content (AvgIpc) is 3.17. The van der Waals surface area contributed by atoms with Crippen LogP contribution < -0.4 is 0 Å². The first-order chi connectivity index (χ1) is 8.20. The summed E-state index contributed by atoms with van der Waals surface area (Å²) in [5, 5.41) is 9.02. The van der Waals surface area contributed by atoms with Crippen LogP contribution in [0.25, 0.3) is 0 Å². The molecule has 1 aromatic rings. The number of carbonyl (C=O) groups excluding carboxylic acids is 2. The molecule has 0 aromatic heterocycles. The van der Waals surface area contributed by atoms with Crippen LogP contribution in [0.1, 0.15) is 26.3 Å². The zero-order valence-electron chi connectivity index (χ0n) is 9.14. The lowest BCUT2D eigenvalue weighted by Gasteiger charge is -2.16. The Balaban J connectivity index is 2.10. The van der Waals surface area contributed by atoms with E-state index in [0.717, 1.165) is 13.1 Å². The third-order valence-corrected chi connectivity index (χ3v) is 3.06. The number of Topliss-reactive ketones (excluding diaryl/α,β-unsaturated/α-hetero) is 1.